The first kappa shape index (κ1) is 19.0. The fraction of sp³-hybridized carbons (Fsp3) is 0.600. The smallest absolute Gasteiger partial charge is 0.436 e. The van der Waals surface area contributed by atoms with E-state index in [4.69, 9.17) is 4.74 Å². The molecule has 128 valence electrons. The standard InChI is InChI=1S/C15H20F3N3O2/c1-5-21(6-2)9-7-8-11(3)23-14(22)12-10-20(4)19-13(12)15(16,17)18/h10-11H,5-6,9H2,1-4H3/t11-/m0/s1. The highest BCUT2D eigenvalue weighted by Gasteiger charge is 2.39. The third-order valence-electron chi connectivity index (χ3n) is 3.10. The molecule has 1 rings (SSSR count). The van der Waals surface area contributed by atoms with Gasteiger partial charge in [-0.2, -0.15) is 18.3 Å². The van der Waals surface area contributed by atoms with Crippen LogP contribution in [0.5, 0.6) is 0 Å². The summed E-state index contributed by atoms with van der Waals surface area (Å²) in [4.78, 5) is 14.0. The van der Waals surface area contributed by atoms with Crippen LogP contribution in [-0.4, -0.2) is 46.4 Å². The van der Waals surface area contributed by atoms with E-state index in [-0.39, 0.29) is 0 Å². The molecule has 0 amide bonds. The van der Waals surface area contributed by atoms with Gasteiger partial charge in [-0.15, -0.1) is 0 Å². The molecule has 0 aliphatic carbocycles. The normalized spacial score (nSPS) is 12.7. The molecule has 5 nitrogen and oxygen atoms in total. The first-order valence-corrected chi connectivity index (χ1v) is 7.21. The fourth-order valence-corrected chi connectivity index (χ4v) is 1.85. The number of carbonyl (C=O) groups excluding carboxylic acids is 1. The van der Waals surface area contributed by atoms with Gasteiger partial charge in [-0.3, -0.25) is 9.58 Å². The van der Waals surface area contributed by atoms with Crippen LogP contribution in [0.15, 0.2) is 6.20 Å². The molecule has 8 heteroatoms. The molecule has 1 heterocycles. The van der Waals surface area contributed by atoms with Crippen molar-refractivity contribution in [1.82, 2.24) is 14.7 Å². The molecule has 1 atom stereocenters. The number of ether oxygens (including phenoxy) is 1. The Labute approximate surface area is 133 Å². The van der Waals surface area contributed by atoms with E-state index >= 15 is 0 Å². The van der Waals surface area contributed by atoms with E-state index < -0.39 is 29.5 Å². The number of halogens is 3. The number of aromatic nitrogens is 2. The van der Waals surface area contributed by atoms with Gasteiger partial charge >= 0.3 is 12.1 Å². The zero-order chi connectivity index (χ0) is 17.6. The zero-order valence-corrected chi connectivity index (χ0v) is 13.6. The monoisotopic (exact) mass is 331 g/mol. The van der Waals surface area contributed by atoms with Crippen LogP contribution < -0.4 is 0 Å². The second-order valence-corrected chi connectivity index (χ2v) is 4.89. The number of nitrogens with zero attached hydrogens (tertiary/aromatic N) is 3. The van der Waals surface area contributed by atoms with Crippen LogP contribution in [0.1, 0.15) is 36.8 Å². The van der Waals surface area contributed by atoms with Gasteiger partial charge in [0.05, 0.1) is 6.54 Å². The maximum absolute atomic E-state index is 12.8. The highest BCUT2D eigenvalue weighted by Crippen LogP contribution is 2.30. The van der Waals surface area contributed by atoms with Gasteiger partial charge in [-0.05, 0) is 20.0 Å². The second kappa shape index (κ2) is 8.02. The Hall–Kier alpha value is -2.01. The van der Waals surface area contributed by atoms with Crippen molar-refractivity contribution < 1.29 is 22.7 Å². The fourth-order valence-electron chi connectivity index (χ4n) is 1.85. The van der Waals surface area contributed by atoms with Gasteiger partial charge in [0.25, 0.3) is 0 Å². The van der Waals surface area contributed by atoms with Crippen LogP contribution in [0, 0.1) is 11.8 Å². The highest BCUT2D eigenvalue weighted by molar-refractivity contribution is 5.90. The van der Waals surface area contributed by atoms with Crippen LogP contribution in [0.4, 0.5) is 13.2 Å². The maximum atomic E-state index is 12.8. The van der Waals surface area contributed by atoms with Gasteiger partial charge < -0.3 is 4.74 Å². The lowest BCUT2D eigenvalue weighted by molar-refractivity contribution is -0.142. The number of hydrogen-bond acceptors (Lipinski definition) is 4. The maximum Gasteiger partial charge on any atom is 0.436 e. The molecule has 0 spiro atoms. The Bertz CT molecular complexity index is 595. The molecule has 0 unspecified atom stereocenters. The minimum atomic E-state index is -4.71. The lowest BCUT2D eigenvalue weighted by atomic mass is 10.2. The molecule has 0 radical (unpaired) electrons. The highest BCUT2D eigenvalue weighted by atomic mass is 19.4. The van der Waals surface area contributed by atoms with E-state index in [9.17, 15) is 18.0 Å². The summed E-state index contributed by atoms with van der Waals surface area (Å²) in [6.07, 6.45) is -4.53. The Morgan fingerprint density at radius 2 is 2.04 bits per heavy atom. The number of carbonyl (C=O) groups is 1. The molecule has 0 bridgehead atoms. The average Bonchev–Trinajstić information content (AvgIpc) is 2.86. The first-order chi connectivity index (χ1) is 10.7. The van der Waals surface area contributed by atoms with Crippen LogP contribution in [0.3, 0.4) is 0 Å². The summed E-state index contributed by atoms with van der Waals surface area (Å²) in [7, 11) is 1.30. The second-order valence-electron chi connectivity index (χ2n) is 4.89. The topological polar surface area (TPSA) is 47.4 Å². The molecule has 0 saturated heterocycles. The van der Waals surface area contributed by atoms with Crippen LogP contribution in [-0.2, 0) is 18.0 Å². The van der Waals surface area contributed by atoms with Crippen molar-refractivity contribution in [2.24, 2.45) is 7.05 Å². The van der Waals surface area contributed by atoms with Gasteiger partial charge in [0, 0.05) is 13.2 Å². The van der Waals surface area contributed by atoms with E-state index in [0.29, 0.717) is 6.54 Å². The van der Waals surface area contributed by atoms with Gasteiger partial charge in [0.15, 0.2) is 11.8 Å². The molecule has 1 aromatic heterocycles. The van der Waals surface area contributed by atoms with Crippen molar-refractivity contribution in [3.63, 3.8) is 0 Å². The van der Waals surface area contributed by atoms with Gasteiger partial charge in [0.2, 0.25) is 0 Å². The largest absolute Gasteiger partial charge is 0.446 e. The van der Waals surface area contributed by atoms with E-state index in [1.807, 2.05) is 13.8 Å². The quantitative estimate of drug-likeness (QED) is 0.614. The number of rotatable bonds is 5. The molecule has 0 N–H and O–H groups in total. The van der Waals surface area contributed by atoms with Gasteiger partial charge in [-0.1, -0.05) is 25.7 Å². The predicted molar refractivity (Wildman–Crippen MR) is 78.7 cm³/mol. The summed E-state index contributed by atoms with van der Waals surface area (Å²) in [5, 5.41) is 3.27. The lowest BCUT2D eigenvalue weighted by Gasteiger charge is -2.13. The first-order valence-electron chi connectivity index (χ1n) is 7.21. The Morgan fingerprint density at radius 3 is 2.57 bits per heavy atom. The molecule has 1 aromatic rings. The minimum Gasteiger partial charge on any atom is -0.446 e. The van der Waals surface area contributed by atoms with Crippen molar-refractivity contribution in [3.05, 3.63) is 17.5 Å². The van der Waals surface area contributed by atoms with Crippen LogP contribution in [0.25, 0.3) is 0 Å². The summed E-state index contributed by atoms with van der Waals surface area (Å²) in [6.45, 7) is 7.69. The lowest BCUT2D eigenvalue weighted by Crippen LogP contribution is -2.23. The van der Waals surface area contributed by atoms with Crippen LogP contribution in [0.2, 0.25) is 0 Å². The summed E-state index contributed by atoms with van der Waals surface area (Å²) >= 11 is 0. The Balaban J connectivity index is 2.75. The predicted octanol–water partition coefficient (Wildman–Crippen LogP) is 2.33. The van der Waals surface area contributed by atoms with E-state index in [1.165, 1.54) is 14.0 Å². The Kier molecular flexibility index (Phi) is 6.63. The molecular weight excluding hydrogens is 311 g/mol. The van der Waals surface area contributed by atoms with Crippen LogP contribution >= 0.6 is 0 Å². The summed E-state index contributed by atoms with van der Waals surface area (Å²) in [5.74, 6) is 4.47. The van der Waals surface area contributed by atoms with E-state index in [2.05, 4.69) is 21.8 Å². The molecule has 0 aliphatic rings. The van der Waals surface area contributed by atoms with Crippen molar-refractivity contribution >= 4 is 5.97 Å². The minimum absolute atomic E-state index is 0.510. The van der Waals surface area contributed by atoms with Crippen molar-refractivity contribution in [2.75, 3.05) is 19.6 Å². The number of aryl methyl sites for hydroxylation is 1. The molecule has 0 aliphatic heterocycles. The third-order valence-corrected chi connectivity index (χ3v) is 3.10. The molecule has 23 heavy (non-hydrogen) atoms. The number of alkyl halides is 3. The molecular formula is C15H20F3N3O2. The zero-order valence-electron chi connectivity index (χ0n) is 13.6. The van der Waals surface area contributed by atoms with Crippen molar-refractivity contribution in [1.29, 1.82) is 0 Å². The SMILES string of the molecule is CCN(CC)CC#C[C@H](C)OC(=O)c1cn(C)nc1C(F)(F)F. The van der Waals surface area contributed by atoms with Gasteiger partial charge in [0.1, 0.15) is 5.56 Å². The van der Waals surface area contributed by atoms with E-state index in [1.54, 1.807) is 0 Å². The van der Waals surface area contributed by atoms with Crippen molar-refractivity contribution in [3.8, 4) is 11.8 Å². The van der Waals surface area contributed by atoms with Gasteiger partial charge in [-0.25, -0.2) is 4.79 Å². The molecule has 0 aromatic carbocycles. The van der Waals surface area contributed by atoms with Crippen molar-refractivity contribution in [2.45, 2.75) is 33.1 Å². The molecule has 0 fully saturated rings. The average molecular weight is 331 g/mol. The molecule has 0 saturated carbocycles. The Morgan fingerprint density at radius 1 is 1.43 bits per heavy atom. The van der Waals surface area contributed by atoms with E-state index in [0.717, 1.165) is 24.0 Å². The number of hydrogen-bond donors (Lipinski definition) is 0. The number of esters is 1. The summed E-state index contributed by atoms with van der Waals surface area (Å²) < 4.78 is 44.3. The summed E-state index contributed by atoms with van der Waals surface area (Å²) in [5.41, 5.74) is -1.87. The third kappa shape index (κ3) is 5.60. The summed E-state index contributed by atoms with van der Waals surface area (Å²) in [6, 6.07) is 0.